The summed E-state index contributed by atoms with van der Waals surface area (Å²) in [6.07, 6.45) is 6.05. The predicted molar refractivity (Wildman–Crippen MR) is 100 cm³/mol. The highest BCUT2D eigenvalue weighted by Crippen LogP contribution is 2.25. The zero-order valence-electron chi connectivity index (χ0n) is 15.2. The number of hydrogen-bond acceptors (Lipinski definition) is 6. The molecule has 27 heavy (non-hydrogen) atoms. The quantitative estimate of drug-likeness (QED) is 0.676. The minimum Gasteiger partial charge on any atom is -0.340 e. The van der Waals surface area contributed by atoms with Gasteiger partial charge in [-0.3, -0.25) is 9.78 Å². The van der Waals surface area contributed by atoms with E-state index in [0.717, 1.165) is 12.8 Å². The zero-order chi connectivity index (χ0) is 19.5. The fourth-order valence-corrected chi connectivity index (χ4v) is 6.86. The second-order valence-corrected chi connectivity index (χ2v) is 11.3. The van der Waals surface area contributed by atoms with Crippen LogP contribution in [0.4, 0.5) is 0 Å². The number of sulfone groups is 1. The van der Waals surface area contributed by atoms with Gasteiger partial charge in [0.25, 0.3) is 0 Å². The van der Waals surface area contributed by atoms with Gasteiger partial charge in [0, 0.05) is 45.0 Å². The number of sulfonamides is 1. The predicted octanol–water partition coefficient (Wildman–Crippen LogP) is 0.662. The molecule has 10 heteroatoms. The highest BCUT2D eigenvalue weighted by molar-refractivity contribution is 7.92. The van der Waals surface area contributed by atoms with Gasteiger partial charge in [-0.05, 0) is 25.0 Å². The second-order valence-electron chi connectivity index (χ2n) is 7.00. The van der Waals surface area contributed by atoms with Crippen molar-refractivity contribution in [3.63, 3.8) is 0 Å². The second kappa shape index (κ2) is 8.24. The molecule has 0 spiro atoms. The van der Waals surface area contributed by atoms with Gasteiger partial charge in [-0.25, -0.2) is 16.8 Å². The van der Waals surface area contributed by atoms with Crippen molar-refractivity contribution >= 4 is 25.8 Å². The summed E-state index contributed by atoms with van der Waals surface area (Å²) in [4.78, 5) is 17.9. The third-order valence-electron chi connectivity index (χ3n) is 5.27. The molecule has 3 rings (SSSR count). The smallest absolute Gasteiger partial charge is 0.244 e. The van der Waals surface area contributed by atoms with E-state index in [9.17, 15) is 21.6 Å². The van der Waals surface area contributed by atoms with Gasteiger partial charge in [-0.2, -0.15) is 4.31 Å². The molecule has 0 aromatic carbocycles. The van der Waals surface area contributed by atoms with Gasteiger partial charge in [0.15, 0.2) is 9.84 Å². The van der Waals surface area contributed by atoms with Gasteiger partial charge < -0.3 is 4.90 Å². The Hall–Kier alpha value is -1.52. The molecule has 1 aromatic heterocycles. The number of rotatable bonds is 6. The van der Waals surface area contributed by atoms with Crippen LogP contribution < -0.4 is 0 Å². The van der Waals surface area contributed by atoms with Gasteiger partial charge in [0.2, 0.25) is 15.9 Å². The van der Waals surface area contributed by atoms with Crippen molar-refractivity contribution in [3.8, 4) is 0 Å². The molecule has 0 atom stereocenters. The van der Waals surface area contributed by atoms with Crippen LogP contribution in [0.2, 0.25) is 0 Å². The number of pyridine rings is 1. The Kier molecular flexibility index (Phi) is 6.17. The molecule has 2 aliphatic rings. The molecular formula is C17H25N3O5S2. The van der Waals surface area contributed by atoms with Crippen LogP contribution in [-0.4, -0.2) is 74.1 Å². The van der Waals surface area contributed by atoms with Crippen LogP contribution in [0.25, 0.3) is 0 Å². The molecule has 1 aromatic rings. The summed E-state index contributed by atoms with van der Waals surface area (Å²) in [5, 5.41) is -0.299. The van der Waals surface area contributed by atoms with Gasteiger partial charge in [-0.1, -0.05) is 12.8 Å². The van der Waals surface area contributed by atoms with Crippen molar-refractivity contribution < 1.29 is 21.6 Å². The molecule has 2 heterocycles. The minimum absolute atomic E-state index is 0.0335. The lowest BCUT2D eigenvalue weighted by Gasteiger charge is -2.34. The first-order valence-corrected chi connectivity index (χ1v) is 12.4. The standard InChI is InChI=1S/C17H25N3O5S2/c21-17(7-13-26(22,23)15-4-1-2-5-15)19-9-11-20(12-10-19)27(24,25)16-6-3-8-18-14-16/h3,6,8,14-15H,1-2,4-5,7,9-13H2. The molecule has 8 nitrogen and oxygen atoms in total. The number of amides is 1. The topological polar surface area (TPSA) is 105 Å². The summed E-state index contributed by atoms with van der Waals surface area (Å²) in [5.74, 6) is -0.347. The lowest BCUT2D eigenvalue weighted by Crippen LogP contribution is -2.50. The van der Waals surface area contributed by atoms with Crippen LogP contribution in [0.1, 0.15) is 32.1 Å². The molecule has 0 N–H and O–H groups in total. The van der Waals surface area contributed by atoms with Crippen molar-refractivity contribution in [1.82, 2.24) is 14.2 Å². The average Bonchev–Trinajstić information content (AvgIpc) is 3.23. The lowest BCUT2D eigenvalue weighted by molar-refractivity contribution is -0.131. The molecule has 1 saturated carbocycles. The Labute approximate surface area is 160 Å². The lowest BCUT2D eigenvalue weighted by atomic mass is 10.3. The molecule has 0 unspecified atom stereocenters. The monoisotopic (exact) mass is 415 g/mol. The molecular weight excluding hydrogens is 390 g/mol. The third kappa shape index (κ3) is 4.67. The first-order chi connectivity index (χ1) is 12.8. The van der Waals surface area contributed by atoms with Crippen molar-refractivity contribution in [2.75, 3.05) is 31.9 Å². The Bertz CT molecular complexity index is 857. The van der Waals surface area contributed by atoms with E-state index in [1.165, 1.54) is 22.8 Å². The van der Waals surface area contributed by atoms with Crippen LogP contribution in [0, 0.1) is 0 Å². The number of aromatic nitrogens is 1. The number of hydrogen-bond donors (Lipinski definition) is 0. The number of nitrogens with zero attached hydrogens (tertiary/aromatic N) is 3. The zero-order valence-corrected chi connectivity index (χ0v) is 16.8. The molecule has 1 aliphatic carbocycles. The van der Waals surface area contributed by atoms with Crippen molar-refractivity contribution in [2.24, 2.45) is 0 Å². The Morgan fingerprint density at radius 1 is 1.07 bits per heavy atom. The fraction of sp³-hybridized carbons (Fsp3) is 0.647. The summed E-state index contributed by atoms with van der Waals surface area (Å²) >= 11 is 0. The van der Waals surface area contributed by atoms with E-state index >= 15 is 0 Å². The molecule has 0 radical (unpaired) electrons. The minimum atomic E-state index is -3.62. The van der Waals surface area contributed by atoms with Gasteiger partial charge in [0.1, 0.15) is 4.90 Å². The summed E-state index contributed by atoms with van der Waals surface area (Å²) in [5.41, 5.74) is 0. The van der Waals surface area contributed by atoms with E-state index in [-0.39, 0.29) is 54.4 Å². The normalized spacial score (nSPS) is 20.1. The van der Waals surface area contributed by atoms with Crippen molar-refractivity contribution in [1.29, 1.82) is 0 Å². The molecule has 2 fully saturated rings. The summed E-state index contributed by atoms with van der Waals surface area (Å²) in [6, 6.07) is 3.06. The van der Waals surface area contributed by atoms with E-state index in [4.69, 9.17) is 0 Å². The van der Waals surface area contributed by atoms with E-state index in [1.54, 1.807) is 11.0 Å². The maximum Gasteiger partial charge on any atom is 0.244 e. The van der Waals surface area contributed by atoms with E-state index in [1.807, 2.05) is 0 Å². The average molecular weight is 416 g/mol. The summed E-state index contributed by atoms with van der Waals surface area (Å²) < 4.78 is 51.1. The fourth-order valence-electron chi connectivity index (χ4n) is 3.63. The van der Waals surface area contributed by atoms with Crippen molar-refractivity contribution in [3.05, 3.63) is 24.5 Å². The molecule has 0 bridgehead atoms. The maximum atomic E-state index is 12.6. The third-order valence-corrected chi connectivity index (χ3v) is 9.42. The largest absolute Gasteiger partial charge is 0.340 e. The number of piperazine rings is 1. The van der Waals surface area contributed by atoms with Crippen LogP contribution in [0.5, 0.6) is 0 Å². The molecule has 150 valence electrons. The van der Waals surface area contributed by atoms with E-state index in [0.29, 0.717) is 12.8 Å². The molecule has 1 amide bonds. The van der Waals surface area contributed by atoms with Crippen LogP contribution >= 0.6 is 0 Å². The summed E-state index contributed by atoms with van der Waals surface area (Å²) in [7, 11) is -6.85. The molecule has 1 aliphatic heterocycles. The highest BCUT2D eigenvalue weighted by atomic mass is 32.2. The van der Waals surface area contributed by atoms with Crippen molar-refractivity contribution in [2.45, 2.75) is 42.2 Å². The first kappa shape index (κ1) is 20.2. The van der Waals surface area contributed by atoms with Crippen LogP contribution in [0.15, 0.2) is 29.4 Å². The SMILES string of the molecule is O=C(CCS(=O)(=O)C1CCCC1)N1CCN(S(=O)(=O)c2cccnc2)CC1. The van der Waals surface area contributed by atoms with E-state index in [2.05, 4.69) is 4.98 Å². The maximum absolute atomic E-state index is 12.6. The van der Waals surface area contributed by atoms with Gasteiger partial charge in [-0.15, -0.1) is 0 Å². The van der Waals surface area contributed by atoms with Crippen LogP contribution in [-0.2, 0) is 24.7 Å². The Morgan fingerprint density at radius 3 is 2.33 bits per heavy atom. The summed E-state index contributed by atoms with van der Waals surface area (Å²) in [6.45, 7) is 0.917. The molecule has 1 saturated heterocycles. The Balaban J connectivity index is 1.52. The van der Waals surface area contributed by atoms with Crippen LogP contribution in [0.3, 0.4) is 0 Å². The van der Waals surface area contributed by atoms with Gasteiger partial charge >= 0.3 is 0 Å². The van der Waals surface area contributed by atoms with E-state index < -0.39 is 19.9 Å². The first-order valence-electron chi connectivity index (χ1n) is 9.20. The Morgan fingerprint density at radius 2 is 1.74 bits per heavy atom. The van der Waals surface area contributed by atoms with Gasteiger partial charge in [0.05, 0.1) is 11.0 Å². The number of carbonyl (C=O) groups excluding carboxylic acids is 1. The highest BCUT2D eigenvalue weighted by Gasteiger charge is 2.32. The number of carbonyl (C=O) groups is 1.